The van der Waals surface area contributed by atoms with Crippen molar-refractivity contribution in [1.29, 1.82) is 0 Å². The Bertz CT molecular complexity index is 764. The third-order valence-corrected chi connectivity index (χ3v) is 5.32. The highest BCUT2D eigenvalue weighted by Gasteiger charge is 2.16. The van der Waals surface area contributed by atoms with E-state index in [0.29, 0.717) is 19.1 Å². The van der Waals surface area contributed by atoms with Gasteiger partial charge in [0.15, 0.2) is 0 Å². The van der Waals surface area contributed by atoms with Crippen LogP contribution in [0.1, 0.15) is 32.1 Å². The summed E-state index contributed by atoms with van der Waals surface area (Å²) in [5.74, 6) is 0. The maximum atomic E-state index is 10.6. The van der Waals surface area contributed by atoms with Crippen LogP contribution >= 0.6 is 0 Å². The fourth-order valence-electron chi connectivity index (χ4n) is 4.08. The summed E-state index contributed by atoms with van der Waals surface area (Å²) in [6.45, 7) is 1.30. The highest BCUT2D eigenvalue weighted by molar-refractivity contribution is 6.07. The van der Waals surface area contributed by atoms with Crippen LogP contribution in [0.15, 0.2) is 48.5 Å². The van der Waals surface area contributed by atoms with E-state index in [0.717, 1.165) is 0 Å². The number of aliphatic hydroxyl groups excluding tert-OH is 1. The van der Waals surface area contributed by atoms with Gasteiger partial charge in [-0.05, 0) is 25.0 Å². The van der Waals surface area contributed by atoms with E-state index < -0.39 is 0 Å². The summed E-state index contributed by atoms with van der Waals surface area (Å²) in [4.78, 5) is 0. The van der Waals surface area contributed by atoms with Crippen LogP contribution in [-0.2, 0) is 6.54 Å². The minimum absolute atomic E-state index is 0.369. The van der Waals surface area contributed by atoms with Crippen LogP contribution < -0.4 is 5.32 Å². The molecule has 3 aromatic rings. The lowest BCUT2D eigenvalue weighted by molar-refractivity contribution is 0.147. The number of benzene rings is 2. The standard InChI is InChI=1S/C21H26N2O/c24-17(14-22-16-8-2-1-3-9-16)15-23-20-12-6-4-10-18(20)19-11-5-7-13-21(19)23/h4-7,10-13,16-17,22,24H,1-3,8-9,14-15H2/t17-/m0/s1. The molecule has 0 radical (unpaired) electrons. The molecule has 1 aliphatic rings. The molecule has 1 atom stereocenters. The Morgan fingerprint density at radius 1 is 0.917 bits per heavy atom. The monoisotopic (exact) mass is 322 g/mol. The molecule has 2 aromatic carbocycles. The number of aromatic nitrogens is 1. The average Bonchev–Trinajstić information content (AvgIpc) is 2.95. The minimum atomic E-state index is -0.369. The van der Waals surface area contributed by atoms with E-state index in [-0.39, 0.29) is 6.10 Å². The van der Waals surface area contributed by atoms with Crippen LogP contribution in [0.5, 0.6) is 0 Å². The lowest BCUT2D eigenvalue weighted by Gasteiger charge is -2.24. The first-order chi connectivity index (χ1) is 11.8. The van der Waals surface area contributed by atoms with Crippen molar-refractivity contribution in [1.82, 2.24) is 9.88 Å². The van der Waals surface area contributed by atoms with Gasteiger partial charge in [0.25, 0.3) is 0 Å². The van der Waals surface area contributed by atoms with Gasteiger partial charge in [-0.1, -0.05) is 55.7 Å². The fraction of sp³-hybridized carbons (Fsp3) is 0.429. The summed E-state index contributed by atoms with van der Waals surface area (Å²) in [6.07, 6.45) is 6.14. The van der Waals surface area contributed by atoms with Crippen molar-refractivity contribution in [2.24, 2.45) is 0 Å². The van der Waals surface area contributed by atoms with Gasteiger partial charge in [-0.15, -0.1) is 0 Å². The lowest BCUT2D eigenvalue weighted by atomic mass is 9.95. The van der Waals surface area contributed by atoms with Crippen LogP contribution in [0.4, 0.5) is 0 Å². The zero-order valence-electron chi connectivity index (χ0n) is 14.1. The Morgan fingerprint density at radius 2 is 1.50 bits per heavy atom. The predicted molar refractivity (Wildman–Crippen MR) is 100 cm³/mol. The van der Waals surface area contributed by atoms with Gasteiger partial charge in [0, 0.05) is 34.4 Å². The molecule has 1 aromatic heterocycles. The molecule has 0 amide bonds. The van der Waals surface area contributed by atoms with Crippen molar-refractivity contribution in [3.8, 4) is 0 Å². The molecule has 2 N–H and O–H groups in total. The molecule has 0 aliphatic heterocycles. The number of rotatable bonds is 5. The van der Waals surface area contributed by atoms with E-state index in [4.69, 9.17) is 0 Å². The Balaban J connectivity index is 1.54. The Kier molecular flexibility index (Phi) is 4.54. The van der Waals surface area contributed by atoms with E-state index in [1.807, 2.05) is 0 Å². The second-order valence-corrected chi connectivity index (χ2v) is 7.04. The number of hydrogen-bond acceptors (Lipinski definition) is 2. The van der Waals surface area contributed by atoms with E-state index in [1.165, 1.54) is 53.9 Å². The summed E-state index contributed by atoms with van der Waals surface area (Å²) in [7, 11) is 0. The van der Waals surface area contributed by atoms with E-state index >= 15 is 0 Å². The first kappa shape index (κ1) is 15.7. The number of para-hydroxylation sites is 2. The summed E-state index contributed by atoms with van der Waals surface area (Å²) >= 11 is 0. The van der Waals surface area contributed by atoms with Gasteiger partial charge >= 0.3 is 0 Å². The van der Waals surface area contributed by atoms with Crippen molar-refractivity contribution in [2.45, 2.75) is 50.8 Å². The average molecular weight is 322 g/mol. The van der Waals surface area contributed by atoms with E-state index in [1.54, 1.807) is 0 Å². The summed E-state index contributed by atoms with van der Waals surface area (Å²) < 4.78 is 2.26. The zero-order chi connectivity index (χ0) is 16.4. The second-order valence-electron chi connectivity index (χ2n) is 7.04. The molecule has 1 fully saturated rings. The SMILES string of the molecule is O[C@@H](CNC1CCCCC1)Cn1c2ccccc2c2ccccc21. The van der Waals surface area contributed by atoms with Crippen molar-refractivity contribution >= 4 is 21.8 Å². The second kappa shape index (κ2) is 6.96. The Morgan fingerprint density at radius 3 is 2.12 bits per heavy atom. The van der Waals surface area contributed by atoms with Crippen molar-refractivity contribution in [3.05, 3.63) is 48.5 Å². The van der Waals surface area contributed by atoms with Crippen molar-refractivity contribution in [3.63, 3.8) is 0 Å². The quantitative estimate of drug-likeness (QED) is 0.743. The molecule has 24 heavy (non-hydrogen) atoms. The number of aliphatic hydroxyl groups is 1. The molecule has 3 nitrogen and oxygen atoms in total. The van der Waals surface area contributed by atoms with Gasteiger partial charge < -0.3 is 15.0 Å². The predicted octanol–water partition coefficient (Wildman–Crippen LogP) is 4.08. The number of nitrogens with zero attached hydrogens (tertiary/aromatic N) is 1. The molecule has 3 heteroatoms. The van der Waals surface area contributed by atoms with Crippen LogP contribution in [0.3, 0.4) is 0 Å². The van der Waals surface area contributed by atoms with Gasteiger partial charge in [0.1, 0.15) is 0 Å². The highest BCUT2D eigenvalue weighted by atomic mass is 16.3. The van der Waals surface area contributed by atoms with E-state index in [2.05, 4.69) is 58.4 Å². The Hall–Kier alpha value is -1.84. The van der Waals surface area contributed by atoms with E-state index in [9.17, 15) is 5.11 Å². The molecule has 1 heterocycles. The molecule has 0 spiro atoms. The maximum absolute atomic E-state index is 10.6. The van der Waals surface area contributed by atoms with Crippen LogP contribution in [0.25, 0.3) is 21.8 Å². The molecule has 4 rings (SSSR count). The fourth-order valence-corrected chi connectivity index (χ4v) is 4.08. The molecule has 1 aliphatic carbocycles. The molecule has 126 valence electrons. The number of fused-ring (bicyclic) bond motifs is 3. The third-order valence-electron chi connectivity index (χ3n) is 5.32. The highest BCUT2D eigenvalue weighted by Crippen LogP contribution is 2.28. The van der Waals surface area contributed by atoms with Gasteiger partial charge in [0.2, 0.25) is 0 Å². The molecule has 0 saturated heterocycles. The summed E-state index contributed by atoms with van der Waals surface area (Å²) in [6, 6.07) is 17.5. The lowest BCUT2D eigenvalue weighted by Crippen LogP contribution is -2.38. The first-order valence-corrected chi connectivity index (χ1v) is 9.20. The Labute approximate surface area is 143 Å². The van der Waals surface area contributed by atoms with Crippen molar-refractivity contribution in [2.75, 3.05) is 6.54 Å². The van der Waals surface area contributed by atoms with Crippen LogP contribution in [-0.4, -0.2) is 28.4 Å². The van der Waals surface area contributed by atoms with Crippen LogP contribution in [0, 0.1) is 0 Å². The topological polar surface area (TPSA) is 37.2 Å². The molecule has 1 saturated carbocycles. The molecule has 0 bridgehead atoms. The molecular weight excluding hydrogens is 296 g/mol. The molecular formula is C21H26N2O. The number of nitrogens with one attached hydrogen (secondary N) is 1. The van der Waals surface area contributed by atoms with Gasteiger partial charge in [-0.2, -0.15) is 0 Å². The summed E-state index contributed by atoms with van der Waals surface area (Å²) in [5.41, 5.74) is 2.41. The normalized spacial score (nSPS) is 17.5. The smallest absolute Gasteiger partial charge is 0.0843 e. The van der Waals surface area contributed by atoms with Gasteiger partial charge in [-0.25, -0.2) is 0 Å². The first-order valence-electron chi connectivity index (χ1n) is 9.20. The maximum Gasteiger partial charge on any atom is 0.0843 e. The third kappa shape index (κ3) is 3.06. The van der Waals surface area contributed by atoms with Crippen molar-refractivity contribution < 1.29 is 5.11 Å². The number of hydrogen-bond donors (Lipinski definition) is 2. The zero-order valence-corrected chi connectivity index (χ0v) is 14.1. The summed E-state index contributed by atoms with van der Waals surface area (Å²) in [5, 5.41) is 16.7. The largest absolute Gasteiger partial charge is 0.390 e. The van der Waals surface area contributed by atoms with Crippen LogP contribution in [0.2, 0.25) is 0 Å². The minimum Gasteiger partial charge on any atom is -0.390 e. The van der Waals surface area contributed by atoms with Gasteiger partial charge in [-0.3, -0.25) is 0 Å². The molecule has 0 unspecified atom stereocenters. The van der Waals surface area contributed by atoms with Gasteiger partial charge in [0.05, 0.1) is 12.6 Å².